The number of halogens is 4. The predicted octanol–water partition coefficient (Wildman–Crippen LogP) is 4.87. The highest BCUT2D eigenvalue weighted by atomic mass is 19.4. The van der Waals surface area contributed by atoms with Gasteiger partial charge in [0.15, 0.2) is 5.69 Å². The fraction of sp³-hybridized carbons (Fsp3) is 0.231. The number of amides is 2. The molecule has 0 bridgehead atoms. The number of nitrogens with two attached hydrogens (primary N) is 1. The van der Waals surface area contributed by atoms with Crippen LogP contribution in [0.2, 0.25) is 0 Å². The Kier molecular flexibility index (Phi) is 6.04. The number of aryl methyl sites for hydroxylation is 1. The molecular weight excluding hydrogens is 506 g/mol. The predicted molar refractivity (Wildman–Crippen MR) is 131 cm³/mol. The fourth-order valence-electron chi connectivity index (χ4n) is 3.88. The zero-order valence-corrected chi connectivity index (χ0v) is 19.8. The summed E-state index contributed by atoms with van der Waals surface area (Å²) in [4.78, 5) is 29.2. The molecule has 4 aromatic rings. The maximum absolute atomic E-state index is 14.5. The standard InChI is InChI=1S/C26H23F4N5O3/c1-4-35-21-10-14(5-7-17(21)22(34-35)23(31)36)15-9-19(25(38-3)32-12-15)24(37)33-13(2)18-11-16(26(28,29)30)6-8-20(18)27/h5-13H,4H2,1-3H3,(H2,31,36)(H,33,37)/t13-/m0/s1/i2D,3D,4D/t4?,13-. The Labute approximate surface area is 218 Å². The van der Waals surface area contributed by atoms with Gasteiger partial charge in [-0.25, -0.2) is 9.37 Å². The Hall–Kier alpha value is -4.48. The van der Waals surface area contributed by atoms with Crippen molar-refractivity contribution in [2.75, 3.05) is 7.09 Å². The Morgan fingerprint density at radius 2 is 2.00 bits per heavy atom. The van der Waals surface area contributed by atoms with Crippen LogP contribution in [0.25, 0.3) is 22.0 Å². The quantitative estimate of drug-likeness (QED) is 0.330. The number of nitrogens with zero attached hydrogens (tertiary/aromatic N) is 3. The number of ether oxygens (including phenoxy) is 1. The number of hydrogen-bond donors (Lipinski definition) is 2. The number of aromatic nitrogens is 3. The van der Waals surface area contributed by atoms with Crippen molar-refractivity contribution in [3.05, 3.63) is 76.9 Å². The average Bonchev–Trinajstić information content (AvgIpc) is 3.31. The van der Waals surface area contributed by atoms with Gasteiger partial charge in [0.1, 0.15) is 11.4 Å². The summed E-state index contributed by atoms with van der Waals surface area (Å²) in [6.45, 7) is -0.0114. The minimum atomic E-state index is -4.77. The van der Waals surface area contributed by atoms with Gasteiger partial charge in [0, 0.05) is 30.6 Å². The first-order chi connectivity index (χ1) is 19.3. The first-order valence-electron chi connectivity index (χ1n) is 13.0. The van der Waals surface area contributed by atoms with E-state index in [1.807, 2.05) is 0 Å². The van der Waals surface area contributed by atoms with E-state index in [2.05, 4.69) is 15.4 Å². The molecule has 2 heterocycles. The lowest BCUT2D eigenvalue weighted by atomic mass is 10.0. The number of primary amides is 1. The smallest absolute Gasteiger partial charge is 0.416 e. The Balaban J connectivity index is 1.75. The summed E-state index contributed by atoms with van der Waals surface area (Å²) in [5.41, 5.74) is 4.76. The molecule has 0 saturated carbocycles. The first kappa shape index (κ1) is 22.7. The molecular formula is C26H23F4N5O3. The van der Waals surface area contributed by atoms with Crippen molar-refractivity contribution in [2.24, 2.45) is 5.73 Å². The lowest BCUT2D eigenvalue weighted by Gasteiger charge is -2.18. The maximum Gasteiger partial charge on any atom is 0.416 e. The molecule has 0 aliphatic carbocycles. The van der Waals surface area contributed by atoms with Gasteiger partial charge < -0.3 is 15.8 Å². The van der Waals surface area contributed by atoms with Crippen LogP contribution in [-0.2, 0) is 12.7 Å². The summed E-state index contributed by atoms with van der Waals surface area (Å²) in [6.07, 6.45) is -3.42. The van der Waals surface area contributed by atoms with E-state index in [1.54, 1.807) is 18.2 Å². The van der Waals surface area contributed by atoms with E-state index < -0.39 is 61.5 Å². The molecule has 198 valence electrons. The molecule has 0 aliphatic heterocycles. The van der Waals surface area contributed by atoms with Gasteiger partial charge in [0.05, 0.1) is 26.9 Å². The van der Waals surface area contributed by atoms with Crippen molar-refractivity contribution in [1.82, 2.24) is 20.1 Å². The third-order valence-electron chi connectivity index (χ3n) is 5.76. The van der Waals surface area contributed by atoms with Crippen molar-refractivity contribution in [2.45, 2.75) is 32.6 Å². The van der Waals surface area contributed by atoms with Crippen molar-refractivity contribution in [1.29, 1.82) is 0 Å². The second kappa shape index (κ2) is 10.1. The molecule has 12 heteroatoms. The van der Waals surface area contributed by atoms with E-state index in [1.165, 1.54) is 23.9 Å². The van der Waals surface area contributed by atoms with E-state index in [-0.39, 0.29) is 17.1 Å². The van der Waals surface area contributed by atoms with Crippen molar-refractivity contribution < 1.29 is 36.0 Å². The molecule has 2 atom stereocenters. The number of alkyl halides is 3. The number of fused-ring (bicyclic) bond motifs is 1. The van der Waals surface area contributed by atoms with E-state index in [4.69, 9.17) is 14.6 Å². The molecule has 2 aromatic carbocycles. The molecule has 1 unspecified atom stereocenters. The van der Waals surface area contributed by atoms with Gasteiger partial charge in [-0.05, 0) is 55.8 Å². The Morgan fingerprint density at radius 1 is 1.21 bits per heavy atom. The second-order valence-corrected chi connectivity index (χ2v) is 8.13. The summed E-state index contributed by atoms with van der Waals surface area (Å²) in [5.74, 6) is -3.01. The second-order valence-electron chi connectivity index (χ2n) is 8.13. The van der Waals surface area contributed by atoms with Crippen LogP contribution in [0.3, 0.4) is 0 Å². The molecule has 2 aromatic heterocycles. The summed E-state index contributed by atoms with van der Waals surface area (Å²) in [5, 5.41) is 6.89. The normalized spacial score (nSPS) is 14.3. The number of hydrogen-bond acceptors (Lipinski definition) is 5. The van der Waals surface area contributed by atoms with Gasteiger partial charge >= 0.3 is 6.18 Å². The molecule has 0 spiro atoms. The fourth-order valence-corrected chi connectivity index (χ4v) is 3.88. The SMILES string of the molecule is [2H]COc1ncc(-c2ccc3c(C(N)=O)nn(C([2H])C)c3c2)cc1C(=O)N[C@@H](C[2H])c1cc(C(F)(F)F)ccc1F. The minimum absolute atomic E-state index is 0.0219. The molecule has 4 rings (SSSR count). The number of rotatable bonds is 7. The number of benzene rings is 2. The van der Waals surface area contributed by atoms with Crippen LogP contribution in [0.1, 0.15) is 56.0 Å². The Morgan fingerprint density at radius 3 is 2.66 bits per heavy atom. The molecule has 0 saturated heterocycles. The van der Waals surface area contributed by atoms with Crippen LogP contribution >= 0.6 is 0 Å². The number of nitrogens with one attached hydrogen (secondary N) is 1. The van der Waals surface area contributed by atoms with Gasteiger partial charge in [-0.2, -0.15) is 18.3 Å². The van der Waals surface area contributed by atoms with Crippen molar-refractivity contribution in [3.63, 3.8) is 0 Å². The van der Waals surface area contributed by atoms with Gasteiger partial charge in [0.2, 0.25) is 5.88 Å². The van der Waals surface area contributed by atoms with Crippen LogP contribution in [-0.4, -0.2) is 33.7 Å². The van der Waals surface area contributed by atoms with Gasteiger partial charge in [-0.3, -0.25) is 14.3 Å². The van der Waals surface area contributed by atoms with Crippen LogP contribution < -0.4 is 15.8 Å². The van der Waals surface area contributed by atoms with Crippen LogP contribution in [0, 0.1) is 5.82 Å². The van der Waals surface area contributed by atoms with Crippen LogP contribution in [0.4, 0.5) is 17.6 Å². The largest absolute Gasteiger partial charge is 0.480 e. The zero-order valence-electron chi connectivity index (χ0n) is 22.8. The maximum atomic E-state index is 14.5. The zero-order chi connectivity index (χ0) is 30.1. The molecule has 38 heavy (non-hydrogen) atoms. The molecule has 3 N–H and O–H groups in total. The van der Waals surface area contributed by atoms with Gasteiger partial charge in [-0.1, -0.05) is 6.07 Å². The number of pyridine rings is 1. The first-order valence-corrected chi connectivity index (χ1v) is 11.0. The molecule has 2 amide bonds. The van der Waals surface area contributed by atoms with Gasteiger partial charge in [0.25, 0.3) is 11.8 Å². The third kappa shape index (κ3) is 5.01. The van der Waals surface area contributed by atoms with E-state index in [9.17, 15) is 27.2 Å². The lowest BCUT2D eigenvalue weighted by Crippen LogP contribution is -2.28. The van der Waals surface area contributed by atoms with Crippen LogP contribution in [0.15, 0.2) is 48.7 Å². The van der Waals surface area contributed by atoms with E-state index in [0.29, 0.717) is 40.2 Å². The highest BCUT2D eigenvalue weighted by Crippen LogP contribution is 2.33. The molecule has 8 nitrogen and oxygen atoms in total. The monoisotopic (exact) mass is 532 g/mol. The summed E-state index contributed by atoms with van der Waals surface area (Å²) >= 11 is 0. The van der Waals surface area contributed by atoms with Gasteiger partial charge in [-0.15, -0.1) is 0 Å². The van der Waals surface area contributed by atoms with Crippen molar-refractivity contribution in [3.8, 4) is 17.0 Å². The summed E-state index contributed by atoms with van der Waals surface area (Å²) < 4.78 is 83.7. The van der Waals surface area contributed by atoms with Crippen molar-refractivity contribution >= 4 is 22.7 Å². The highest BCUT2D eigenvalue weighted by molar-refractivity contribution is 6.05. The van der Waals surface area contributed by atoms with Crippen LogP contribution in [0.5, 0.6) is 5.88 Å². The molecule has 0 radical (unpaired) electrons. The van der Waals surface area contributed by atoms with E-state index >= 15 is 0 Å². The lowest BCUT2D eigenvalue weighted by molar-refractivity contribution is -0.137. The number of methoxy groups -OCH3 is 1. The van der Waals surface area contributed by atoms with E-state index in [0.717, 1.165) is 0 Å². The molecule has 0 aliphatic rings. The number of carbonyl (C=O) groups is 2. The average molecular weight is 533 g/mol. The topological polar surface area (TPSA) is 112 Å². The number of carbonyl (C=O) groups excluding carboxylic acids is 2. The third-order valence-corrected chi connectivity index (χ3v) is 5.76. The molecule has 0 fully saturated rings. The summed E-state index contributed by atoms with van der Waals surface area (Å²) in [6, 6.07) is 6.38. The summed E-state index contributed by atoms with van der Waals surface area (Å²) in [7, 11) is -0.612. The minimum Gasteiger partial charge on any atom is -0.480 e. The highest BCUT2D eigenvalue weighted by Gasteiger charge is 2.32. The Bertz CT molecular complexity index is 1630.